The SMILES string of the molecule is OC1C=CC1c1ccccc1. The van der Waals surface area contributed by atoms with Crippen LogP contribution in [-0.4, -0.2) is 11.2 Å². The Morgan fingerprint density at radius 3 is 2.18 bits per heavy atom. The second kappa shape index (κ2) is 2.51. The van der Waals surface area contributed by atoms with Crippen LogP contribution in [0, 0.1) is 0 Å². The summed E-state index contributed by atoms with van der Waals surface area (Å²) in [7, 11) is 0. The van der Waals surface area contributed by atoms with Crippen molar-refractivity contribution in [2.45, 2.75) is 12.0 Å². The van der Waals surface area contributed by atoms with Crippen LogP contribution in [0.4, 0.5) is 0 Å². The lowest BCUT2D eigenvalue weighted by Gasteiger charge is -2.24. The van der Waals surface area contributed by atoms with E-state index in [-0.39, 0.29) is 12.0 Å². The van der Waals surface area contributed by atoms with E-state index >= 15 is 0 Å². The van der Waals surface area contributed by atoms with Crippen molar-refractivity contribution in [2.75, 3.05) is 0 Å². The van der Waals surface area contributed by atoms with Gasteiger partial charge in [0, 0.05) is 5.92 Å². The predicted molar refractivity (Wildman–Crippen MR) is 44.3 cm³/mol. The Bertz CT molecular complexity index is 263. The molecule has 1 aromatic carbocycles. The summed E-state index contributed by atoms with van der Waals surface area (Å²) in [5.74, 6) is 0.233. The molecule has 2 rings (SSSR count). The molecule has 0 fully saturated rings. The highest BCUT2D eigenvalue weighted by molar-refractivity contribution is 5.32. The van der Waals surface area contributed by atoms with Crippen LogP contribution in [0.15, 0.2) is 42.5 Å². The van der Waals surface area contributed by atoms with Gasteiger partial charge in [0.15, 0.2) is 0 Å². The van der Waals surface area contributed by atoms with Crippen molar-refractivity contribution in [3.63, 3.8) is 0 Å². The Balaban J connectivity index is 2.25. The van der Waals surface area contributed by atoms with Gasteiger partial charge in [0.25, 0.3) is 0 Å². The van der Waals surface area contributed by atoms with Gasteiger partial charge in [0.1, 0.15) is 0 Å². The number of aliphatic hydroxyl groups is 1. The van der Waals surface area contributed by atoms with Gasteiger partial charge >= 0.3 is 0 Å². The Hall–Kier alpha value is -1.08. The van der Waals surface area contributed by atoms with Crippen LogP contribution >= 0.6 is 0 Å². The fraction of sp³-hybridized carbons (Fsp3) is 0.200. The normalized spacial score (nSPS) is 28.1. The van der Waals surface area contributed by atoms with Crippen molar-refractivity contribution < 1.29 is 5.11 Å². The topological polar surface area (TPSA) is 20.2 Å². The third-order valence-corrected chi connectivity index (χ3v) is 2.07. The first-order chi connectivity index (χ1) is 5.38. The second-order valence-electron chi connectivity index (χ2n) is 2.81. The maximum Gasteiger partial charge on any atom is 0.0824 e. The molecule has 0 amide bonds. The maximum absolute atomic E-state index is 9.27. The lowest BCUT2D eigenvalue weighted by atomic mass is 9.85. The van der Waals surface area contributed by atoms with Crippen LogP contribution in [0.25, 0.3) is 0 Å². The van der Waals surface area contributed by atoms with Crippen molar-refractivity contribution >= 4 is 0 Å². The molecule has 1 aromatic rings. The summed E-state index contributed by atoms with van der Waals surface area (Å²) in [6, 6.07) is 10.1. The Kier molecular flexibility index (Phi) is 1.51. The summed E-state index contributed by atoms with van der Waals surface area (Å²) < 4.78 is 0. The second-order valence-corrected chi connectivity index (χ2v) is 2.81. The molecule has 2 unspecified atom stereocenters. The molecule has 1 aliphatic rings. The average Bonchev–Trinajstić information content (AvgIpc) is 2.04. The summed E-state index contributed by atoms with van der Waals surface area (Å²) in [4.78, 5) is 0. The Morgan fingerprint density at radius 1 is 1.00 bits per heavy atom. The van der Waals surface area contributed by atoms with Crippen molar-refractivity contribution in [3.8, 4) is 0 Å². The minimum absolute atomic E-state index is 0.233. The van der Waals surface area contributed by atoms with Crippen LogP contribution in [0.5, 0.6) is 0 Å². The summed E-state index contributed by atoms with van der Waals surface area (Å²) in [6.45, 7) is 0. The van der Waals surface area contributed by atoms with Crippen molar-refractivity contribution in [3.05, 3.63) is 48.0 Å². The fourth-order valence-electron chi connectivity index (χ4n) is 1.31. The van der Waals surface area contributed by atoms with E-state index in [9.17, 15) is 5.11 Å². The van der Waals surface area contributed by atoms with Gasteiger partial charge in [-0.2, -0.15) is 0 Å². The van der Waals surface area contributed by atoms with Crippen LogP contribution in [0.3, 0.4) is 0 Å². The lowest BCUT2D eigenvalue weighted by Crippen LogP contribution is -2.21. The van der Waals surface area contributed by atoms with E-state index in [0.29, 0.717) is 0 Å². The summed E-state index contributed by atoms with van der Waals surface area (Å²) in [5.41, 5.74) is 1.20. The monoisotopic (exact) mass is 146 g/mol. The van der Waals surface area contributed by atoms with E-state index < -0.39 is 0 Å². The molecule has 0 heterocycles. The number of hydrogen-bond acceptors (Lipinski definition) is 1. The first kappa shape index (κ1) is 6.62. The van der Waals surface area contributed by atoms with Gasteiger partial charge < -0.3 is 5.11 Å². The molecule has 0 aliphatic heterocycles. The van der Waals surface area contributed by atoms with E-state index in [1.807, 2.05) is 42.5 Å². The minimum Gasteiger partial charge on any atom is -0.388 e. The molecule has 2 atom stereocenters. The molecule has 56 valence electrons. The zero-order chi connectivity index (χ0) is 7.68. The van der Waals surface area contributed by atoms with Gasteiger partial charge in [-0.15, -0.1) is 0 Å². The van der Waals surface area contributed by atoms with Gasteiger partial charge in [-0.25, -0.2) is 0 Å². The molecule has 0 radical (unpaired) electrons. The fourth-order valence-corrected chi connectivity index (χ4v) is 1.31. The van der Waals surface area contributed by atoms with E-state index in [4.69, 9.17) is 0 Å². The van der Waals surface area contributed by atoms with Gasteiger partial charge in [0.2, 0.25) is 0 Å². The van der Waals surface area contributed by atoms with Crippen LogP contribution in [0.1, 0.15) is 11.5 Å². The smallest absolute Gasteiger partial charge is 0.0824 e. The molecule has 1 nitrogen and oxygen atoms in total. The molecule has 1 aliphatic carbocycles. The van der Waals surface area contributed by atoms with Gasteiger partial charge in [0.05, 0.1) is 6.10 Å². The zero-order valence-electron chi connectivity index (χ0n) is 6.14. The molecular formula is C10H10O. The summed E-state index contributed by atoms with van der Waals surface area (Å²) in [6.07, 6.45) is 3.58. The maximum atomic E-state index is 9.27. The standard InChI is InChI=1S/C10H10O/c11-10-7-6-9(10)8-4-2-1-3-5-8/h1-7,9-11H. The molecule has 11 heavy (non-hydrogen) atoms. The molecule has 0 spiro atoms. The molecular weight excluding hydrogens is 136 g/mol. The largest absolute Gasteiger partial charge is 0.388 e. The minimum atomic E-state index is -0.266. The van der Waals surface area contributed by atoms with E-state index in [1.54, 1.807) is 0 Å². The van der Waals surface area contributed by atoms with Crippen molar-refractivity contribution in [2.24, 2.45) is 0 Å². The van der Waals surface area contributed by atoms with Gasteiger partial charge in [-0.3, -0.25) is 0 Å². The number of aliphatic hydroxyl groups excluding tert-OH is 1. The highest BCUT2D eigenvalue weighted by Crippen LogP contribution is 2.28. The average molecular weight is 146 g/mol. The highest BCUT2D eigenvalue weighted by atomic mass is 16.3. The number of hydrogen-bond donors (Lipinski definition) is 1. The van der Waals surface area contributed by atoms with E-state index in [2.05, 4.69) is 0 Å². The summed E-state index contributed by atoms with van der Waals surface area (Å²) in [5, 5.41) is 9.27. The van der Waals surface area contributed by atoms with Gasteiger partial charge in [-0.1, -0.05) is 42.5 Å². The molecule has 1 heteroatoms. The molecule has 1 N–H and O–H groups in total. The quantitative estimate of drug-likeness (QED) is 0.598. The van der Waals surface area contributed by atoms with Gasteiger partial charge in [-0.05, 0) is 5.56 Å². The van der Waals surface area contributed by atoms with Crippen LogP contribution < -0.4 is 0 Å². The molecule has 0 saturated carbocycles. The first-order valence-electron chi connectivity index (χ1n) is 3.79. The van der Waals surface area contributed by atoms with Crippen molar-refractivity contribution in [1.82, 2.24) is 0 Å². The predicted octanol–water partition coefficient (Wildman–Crippen LogP) is 1.70. The van der Waals surface area contributed by atoms with E-state index in [0.717, 1.165) is 0 Å². The molecule has 0 aromatic heterocycles. The Labute approximate surface area is 66.0 Å². The van der Waals surface area contributed by atoms with Crippen molar-refractivity contribution in [1.29, 1.82) is 0 Å². The van der Waals surface area contributed by atoms with E-state index in [1.165, 1.54) is 5.56 Å². The summed E-state index contributed by atoms with van der Waals surface area (Å²) >= 11 is 0. The van der Waals surface area contributed by atoms with Crippen LogP contribution in [0.2, 0.25) is 0 Å². The lowest BCUT2D eigenvalue weighted by molar-refractivity contribution is 0.188. The molecule has 0 saturated heterocycles. The molecule has 0 bridgehead atoms. The highest BCUT2D eigenvalue weighted by Gasteiger charge is 2.22. The third-order valence-electron chi connectivity index (χ3n) is 2.07. The first-order valence-corrected chi connectivity index (χ1v) is 3.79. The van der Waals surface area contributed by atoms with Crippen LogP contribution in [-0.2, 0) is 0 Å². The number of rotatable bonds is 1. The third kappa shape index (κ3) is 1.08. The number of benzene rings is 1. The zero-order valence-corrected chi connectivity index (χ0v) is 6.14. The Morgan fingerprint density at radius 2 is 1.73 bits per heavy atom.